The van der Waals surface area contributed by atoms with Crippen LogP contribution >= 0.6 is 0 Å². The molecule has 1 spiro atoms. The van der Waals surface area contributed by atoms with E-state index in [1.165, 1.54) is 99.7 Å². The molecule has 310 valence electrons. The van der Waals surface area contributed by atoms with E-state index in [0.717, 1.165) is 22.7 Å². The van der Waals surface area contributed by atoms with Gasteiger partial charge < -0.3 is 9.47 Å². The van der Waals surface area contributed by atoms with E-state index in [2.05, 4.69) is 254 Å². The molecule has 0 saturated carbocycles. The Morgan fingerprint density at radius 3 is 1.55 bits per heavy atom. The van der Waals surface area contributed by atoms with E-state index in [4.69, 9.17) is 0 Å². The highest BCUT2D eigenvalue weighted by atomic mass is 15.1. The van der Waals surface area contributed by atoms with Crippen LogP contribution < -0.4 is 4.90 Å². The van der Waals surface area contributed by atoms with Crippen LogP contribution in [0.25, 0.3) is 72.0 Å². The van der Waals surface area contributed by atoms with Gasteiger partial charge in [-0.2, -0.15) is 0 Å². The summed E-state index contributed by atoms with van der Waals surface area (Å²) in [6, 6.07) is 86.3. The molecule has 66 heavy (non-hydrogen) atoms. The molecule has 0 saturated heterocycles. The number of rotatable bonds is 5. The highest BCUT2D eigenvalue weighted by Crippen LogP contribution is 2.63. The number of nitrogens with zero attached hydrogens (tertiary/aromatic N) is 2. The van der Waals surface area contributed by atoms with Crippen LogP contribution in [0.2, 0.25) is 0 Å². The normalized spacial score (nSPS) is 14.2. The molecule has 0 fully saturated rings. The summed E-state index contributed by atoms with van der Waals surface area (Å²) in [5.74, 6) is 0. The van der Waals surface area contributed by atoms with Crippen molar-refractivity contribution in [3.05, 3.63) is 264 Å². The molecule has 0 atom stereocenters. The number of aromatic nitrogens is 1. The van der Waals surface area contributed by atoms with Gasteiger partial charge >= 0.3 is 0 Å². The van der Waals surface area contributed by atoms with Gasteiger partial charge in [-0.15, -0.1) is 0 Å². The maximum Gasteiger partial charge on any atom is 0.0726 e. The summed E-state index contributed by atoms with van der Waals surface area (Å²) in [6.07, 6.45) is 0. The predicted molar refractivity (Wildman–Crippen MR) is 275 cm³/mol. The van der Waals surface area contributed by atoms with Crippen molar-refractivity contribution in [2.45, 2.75) is 24.7 Å². The maximum atomic E-state index is 2.54. The van der Waals surface area contributed by atoms with Gasteiger partial charge in [0.1, 0.15) is 0 Å². The van der Waals surface area contributed by atoms with Crippen molar-refractivity contribution in [1.82, 2.24) is 4.57 Å². The van der Waals surface area contributed by atoms with Crippen LogP contribution in [-0.4, -0.2) is 4.57 Å². The Morgan fingerprint density at radius 2 is 0.833 bits per heavy atom. The number of para-hydroxylation sites is 3. The van der Waals surface area contributed by atoms with E-state index in [1.54, 1.807) is 0 Å². The molecule has 10 aromatic carbocycles. The first-order valence-corrected chi connectivity index (χ1v) is 23.2. The van der Waals surface area contributed by atoms with Crippen LogP contribution in [0.4, 0.5) is 17.1 Å². The Morgan fingerprint density at radius 1 is 0.333 bits per heavy atom. The fourth-order valence-electron chi connectivity index (χ4n) is 12.5. The van der Waals surface area contributed by atoms with Gasteiger partial charge in [-0.05, 0) is 127 Å². The molecule has 0 radical (unpaired) electrons. The van der Waals surface area contributed by atoms with E-state index in [1.807, 2.05) is 0 Å². The van der Waals surface area contributed by atoms with Crippen LogP contribution in [0.1, 0.15) is 47.2 Å². The van der Waals surface area contributed by atoms with Gasteiger partial charge in [-0.3, -0.25) is 0 Å². The van der Waals surface area contributed by atoms with Crippen LogP contribution in [0.5, 0.6) is 0 Å². The Balaban J connectivity index is 1.06. The summed E-state index contributed by atoms with van der Waals surface area (Å²) in [6.45, 7) is 4.75. The Bertz CT molecular complexity index is 3750. The van der Waals surface area contributed by atoms with Gasteiger partial charge in [0.05, 0.1) is 22.1 Å². The lowest BCUT2D eigenvalue weighted by atomic mass is 9.70. The zero-order valence-corrected chi connectivity index (χ0v) is 36.8. The van der Waals surface area contributed by atoms with Gasteiger partial charge in [-0.1, -0.05) is 190 Å². The van der Waals surface area contributed by atoms with Gasteiger partial charge in [0, 0.05) is 38.8 Å². The van der Waals surface area contributed by atoms with Crippen LogP contribution in [0.15, 0.2) is 231 Å². The third-order valence-electron chi connectivity index (χ3n) is 15.2. The second kappa shape index (κ2) is 13.7. The first kappa shape index (κ1) is 37.2. The first-order chi connectivity index (χ1) is 32.5. The van der Waals surface area contributed by atoms with Crippen molar-refractivity contribution >= 4 is 38.9 Å². The number of fused-ring (bicyclic) bond motifs is 16. The molecule has 11 aromatic rings. The summed E-state index contributed by atoms with van der Waals surface area (Å²) >= 11 is 0. The summed E-state index contributed by atoms with van der Waals surface area (Å²) in [4.78, 5) is 2.54. The van der Waals surface area contributed by atoms with Crippen LogP contribution in [0, 0.1) is 0 Å². The van der Waals surface area contributed by atoms with E-state index >= 15 is 0 Å². The minimum atomic E-state index is -0.469. The lowest BCUT2D eigenvalue weighted by Crippen LogP contribution is -2.26. The van der Waals surface area contributed by atoms with Crippen LogP contribution in [-0.2, 0) is 10.8 Å². The maximum absolute atomic E-state index is 2.54. The standard InChI is InChI=1S/C64H44N2/c1-63(2)53-28-12-9-26-51(53)62-50(27-18-32-57(62)63)48-24-10-16-33-59(48)65(42-36-38-61-52(39-42)49-25-11-17-34-60(49)66(61)41-19-4-3-5-20-41)43-35-37-47-46-23-8-15-31-56(46)64(58(47)40-43)54-29-13-6-21-44(54)45-22-7-14-30-55(45)64/h3-40H,1-2H3. The Labute approximate surface area is 385 Å². The molecule has 0 bridgehead atoms. The van der Waals surface area contributed by atoms with E-state index in [9.17, 15) is 0 Å². The lowest BCUT2D eigenvalue weighted by Gasteiger charge is -2.33. The molecule has 2 nitrogen and oxygen atoms in total. The molecule has 1 aromatic heterocycles. The zero-order chi connectivity index (χ0) is 43.7. The zero-order valence-electron chi connectivity index (χ0n) is 36.8. The average molecular weight is 841 g/mol. The summed E-state index contributed by atoms with van der Waals surface area (Å²) in [5.41, 5.74) is 24.7. The Kier molecular flexibility index (Phi) is 7.70. The molecule has 3 aliphatic carbocycles. The predicted octanol–water partition coefficient (Wildman–Crippen LogP) is 16.6. The average Bonchev–Trinajstić information content (AvgIpc) is 4.04. The smallest absolute Gasteiger partial charge is 0.0726 e. The van der Waals surface area contributed by atoms with Gasteiger partial charge in [0.2, 0.25) is 0 Å². The highest BCUT2D eigenvalue weighted by molar-refractivity contribution is 6.11. The van der Waals surface area contributed by atoms with Crippen molar-refractivity contribution in [2.75, 3.05) is 4.90 Å². The van der Waals surface area contributed by atoms with Crippen molar-refractivity contribution in [3.63, 3.8) is 0 Å². The number of hydrogen-bond acceptors (Lipinski definition) is 1. The quantitative estimate of drug-likeness (QED) is 0.168. The minimum Gasteiger partial charge on any atom is -0.310 e. The molecule has 14 rings (SSSR count). The highest BCUT2D eigenvalue weighted by Gasteiger charge is 2.51. The van der Waals surface area contributed by atoms with Crippen molar-refractivity contribution < 1.29 is 0 Å². The van der Waals surface area contributed by atoms with E-state index < -0.39 is 5.41 Å². The molecule has 0 N–H and O–H groups in total. The minimum absolute atomic E-state index is 0.119. The molecule has 0 unspecified atom stereocenters. The second-order valence-electron chi connectivity index (χ2n) is 18.8. The van der Waals surface area contributed by atoms with E-state index in [-0.39, 0.29) is 5.41 Å². The monoisotopic (exact) mass is 840 g/mol. The third kappa shape index (κ3) is 4.85. The molecule has 0 aliphatic heterocycles. The molecular weight excluding hydrogens is 797 g/mol. The number of hydrogen-bond donors (Lipinski definition) is 0. The summed E-state index contributed by atoms with van der Waals surface area (Å²) in [5, 5.41) is 2.45. The lowest BCUT2D eigenvalue weighted by molar-refractivity contribution is 0.660. The van der Waals surface area contributed by atoms with Crippen molar-refractivity contribution in [1.29, 1.82) is 0 Å². The Hall–Kier alpha value is -8.20. The third-order valence-corrected chi connectivity index (χ3v) is 15.2. The first-order valence-electron chi connectivity index (χ1n) is 23.2. The topological polar surface area (TPSA) is 8.17 Å². The number of benzene rings is 10. The van der Waals surface area contributed by atoms with Gasteiger partial charge in [0.15, 0.2) is 0 Å². The second-order valence-corrected chi connectivity index (χ2v) is 18.8. The molecule has 2 heteroatoms. The fourth-order valence-corrected chi connectivity index (χ4v) is 12.5. The molecule has 3 aliphatic rings. The van der Waals surface area contributed by atoms with Gasteiger partial charge in [0.25, 0.3) is 0 Å². The van der Waals surface area contributed by atoms with Crippen LogP contribution in [0.3, 0.4) is 0 Å². The molecule has 1 heterocycles. The largest absolute Gasteiger partial charge is 0.310 e. The summed E-state index contributed by atoms with van der Waals surface area (Å²) < 4.78 is 2.41. The fraction of sp³-hybridized carbons (Fsp3) is 0.0625. The molecular formula is C64H44N2. The molecule has 0 amide bonds. The summed E-state index contributed by atoms with van der Waals surface area (Å²) in [7, 11) is 0. The number of anilines is 3. The SMILES string of the molecule is CC1(C)c2ccccc2-c2c(-c3ccccc3N(c3ccc4c(c3)C3(c5ccccc5-c5ccccc53)c3ccccc3-4)c3ccc4c(c3)c3ccccc3n4-c3ccccc3)cccc21. The van der Waals surface area contributed by atoms with Gasteiger partial charge in [-0.25, -0.2) is 0 Å². The van der Waals surface area contributed by atoms with Crippen molar-refractivity contribution in [2.24, 2.45) is 0 Å². The van der Waals surface area contributed by atoms with Crippen molar-refractivity contribution in [3.8, 4) is 50.2 Å². The van der Waals surface area contributed by atoms with E-state index in [0.29, 0.717) is 0 Å².